The van der Waals surface area contributed by atoms with Crippen LogP contribution in [0.25, 0.3) is 0 Å². The molecule has 20 heavy (non-hydrogen) atoms. The van der Waals surface area contributed by atoms with Crippen molar-refractivity contribution in [1.29, 1.82) is 0 Å². The van der Waals surface area contributed by atoms with E-state index in [1.165, 1.54) is 19.9 Å². The fraction of sp³-hybridized carbons (Fsp3) is 0.600. The molecule has 0 radical (unpaired) electrons. The van der Waals surface area contributed by atoms with Crippen LogP contribution in [0.4, 0.5) is 0 Å². The molecule has 0 spiro atoms. The maximum absolute atomic E-state index is 12.5. The van der Waals surface area contributed by atoms with E-state index in [2.05, 4.69) is 0 Å². The second-order valence-corrected chi connectivity index (χ2v) is 9.56. The zero-order chi connectivity index (χ0) is 15.0. The molecule has 0 amide bonds. The number of thiophene rings is 1. The van der Waals surface area contributed by atoms with Crippen molar-refractivity contribution >= 4 is 43.0 Å². The third kappa shape index (κ3) is 3.18. The number of rotatable bonds is 4. The summed E-state index contributed by atoms with van der Waals surface area (Å²) in [5.41, 5.74) is 0. The van der Waals surface area contributed by atoms with Gasteiger partial charge in [-0.05, 0) is 11.4 Å². The van der Waals surface area contributed by atoms with Gasteiger partial charge in [-0.3, -0.25) is 0 Å². The monoisotopic (exact) mass is 358 g/mol. The molecule has 0 bridgehead atoms. The summed E-state index contributed by atoms with van der Waals surface area (Å²) in [6, 6.07) is 1.54. The molecule has 2 rings (SSSR count). The molecule has 2 heterocycles. The van der Waals surface area contributed by atoms with Gasteiger partial charge in [0.05, 0.1) is 17.0 Å². The topological polar surface area (TPSA) is 74.8 Å². The smallest absolute Gasteiger partial charge is 0.213 e. The van der Waals surface area contributed by atoms with Crippen molar-refractivity contribution in [1.82, 2.24) is 8.61 Å². The summed E-state index contributed by atoms with van der Waals surface area (Å²) in [6.45, 7) is 0.677. The molecule has 1 aromatic heterocycles. The van der Waals surface area contributed by atoms with Crippen molar-refractivity contribution in [3.8, 4) is 0 Å². The number of nitrogens with zero attached hydrogens (tertiary/aromatic N) is 2. The predicted octanol–water partition coefficient (Wildman–Crippen LogP) is 0.753. The molecule has 0 unspecified atom stereocenters. The van der Waals surface area contributed by atoms with Gasteiger partial charge in [0, 0.05) is 31.1 Å². The summed E-state index contributed by atoms with van der Waals surface area (Å²) in [5.74, 6) is 0.148. The lowest BCUT2D eigenvalue weighted by molar-refractivity contribution is 0.274. The first-order valence-corrected chi connectivity index (χ1v) is 10.5. The maximum atomic E-state index is 12.5. The van der Waals surface area contributed by atoms with Crippen LogP contribution in [0, 0.1) is 0 Å². The van der Waals surface area contributed by atoms with Crippen LogP contribution in [0.3, 0.4) is 0 Å². The van der Waals surface area contributed by atoms with Gasteiger partial charge in [-0.25, -0.2) is 16.8 Å². The van der Waals surface area contributed by atoms with E-state index in [1.807, 2.05) is 0 Å². The highest BCUT2D eigenvalue weighted by molar-refractivity contribution is 7.89. The maximum Gasteiger partial charge on any atom is 0.244 e. The minimum absolute atomic E-state index is 0.148. The Morgan fingerprint density at radius 3 is 2.20 bits per heavy atom. The molecule has 6 nitrogen and oxygen atoms in total. The predicted molar refractivity (Wildman–Crippen MR) is 79.1 cm³/mol. The Balaban J connectivity index is 2.18. The molecule has 0 N–H and O–H groups in total. The largest absolute Gasteiger partial charge is 0.244 e. The van der Waals surface area contributed by atoms with Gasteiger partial charge in [0.1, 0.15) is 0 Å². The highest BCUT2D eigenvalue weighted by Crippen LogP contribution is 2.27. The van der Waals surface area contributed by atoms with Crippen molar-refractivity contribution in [3.05, 3.63) is 16.3 Å². The van der Waals surface area contributed by atoms with Gasteiger partial charge in [-0.15, -0.1) is 22.9 Å². The standard InChI is InChI=1S/C10H15ClN2O4S3/c1-19(14,15)12-3-5-13(6-4-12)20(16,17)10-2-7-18-9(10)8-11/h2,7H,3-6,8H2,1H3. The number of hydrogen-bond donors (Lipinski definition) is 0. The molecule has 1 aliphatic rings. The zero-order valence-electron chi connectivity index (χ0n) is 10.8. The van der Waals surface area contributed by atoms with Crippen molar-refractivity contribution in [2.24, 2.45) is 0 Å². The highest BCUT2D eigenvalue weighted by atomic mass is 35.5. The quantitative estimate of drug-likeness (QED) is 0.744. The summed E-state index contributed by atoms with van der Waals surface area (Å²) in [5, 5.41) is 1.69. The van der Waals surface area contributed by atoms with E-state index in [9.17, 15) is 16.8 Å². The second-order valence-electron chi connectivity index (χ2n) is 4.41. The Morgan fingerprint density at radius 2 is 1.70 bits per heavy atom. The normalized spacial score (nSPS) is 19.3. The molecule has 0 atom stereocenters. The first-order valence-electron chi connectivity index (χ1n) is 5.84. The van der Waals surface area contributed by atoms with Crippen LogP contribution < -0.4 is 0 Å². The molecule has 1 fully saturated rings. The fourth-order valence-corrected chi connectivity index (χ4v) is 5.96. The third-order valence-corrected chi connectivity index (χ3v) is 7.87. The lowest BCUT2D eigenvalue weighted by atomic mass is 10.4. The summed E-state index contributed by atoms with van der Waals surface area (Å²) in [4.78, 5) is 0.836. The summed E-state index contributed by atoms with van der Waals surface area (Å²) in [6.07, 6.45) is 1.13. The number of sulfonamides is 2. The van der Waals surface area contributed by atoms with Crippen LogP contribution in [0.15, 0.2) is 16.3 Å². The van der Waals surface area contributed by atoms with Gasteiger partial charge in [0.15, 0.2) is 0 Å². The SMILES string of the molecule is CS(=O)(=O)N1CCN(S(=O)(=O)c2ccsc2CCl)CC1. The van der Waals surface area contributed by atoms with E-state index >= 15 is 0 Å². The van der Waals surface area contributed by atoms with Crippen LogP contribution in [-0.2, 0) is 25.9 Å². The van der Waals surface area contributed by atoms with Crippen LogP contribution in [-0.4, -0.2) is 57.9 Å². The Kier molecular flexibility index (Phi) is 4.77. The fourth-order valence-electron chi connectivity index (χ4n) is 2.04. The Bertz CT molecular complexity index is 675. The average molecular weight is 359 g/mol. The molecule has 0 aromatic carbocycles. The van der Waals surface area contributed by atoms with Gasteiger partial charge in [-0.1, -0.05) is 0 Å². The molecular formula is C10H15ClN2O4S3. The third-order valence-electron chi connectivity index (χ3n) is 3.11. The second kappa shape index (κ2) is 5.90. The molecule has 1 aliphatic heterocycles. The summed E-state index contributed by atoms with van der Waals surface area (Å²) < 4.78 is 50.4. The van der Waals surface area contributed by atoms with Crippen LogP contribution in [0.5, 0.6) is 0 Å². The molecular weight excluding hydrogens is 344 g/mol. The van der Waals surface area contributed by atoms with Crippen LogP contribution in [0.1, 0.15) is 4.88 Å². The van der Waals surface area contributed by atoms with E-state index in [4.69, 9.17) is 11.6 Å². The van der Waals surface area contributed by atoms with Crippen molar-refractivity contribution in [2.45, 2.75) is 10.8 Å². The lowest BCUT2D eigenvalue weighted by Gasteiger charge is -2.32. The van der Waals surface area contributed by atoms with Crippen molar-refractivity contribution in [3.63, 3.8) is 0 Å². The molecule has 10 heteroatoms. The lowest BCUT2D eigenvalue weighted by Crippen LogP contribution is -2.50. The average Bonchev–Trinajstić information content (AvgIpc) is 2.87. The number of halogens is 1. The van der Waals surface area contributed by atoms with Gasteiger partial charge in [0.2, 0.25) is 20.0 Å². The minimum atomic E-state index is -3.59. The molecule has 114 valence electrons. The van der Waals surface area contributed by atoms with E-state index < -0.39 is 20.0 Å². The van der Waals surface area contributed by atoms with E-state index in [-0.39, 0.29) is 37.0 Å². The van der Waals surface area contributed by atoms with Crippen molar-refractivity contribution in [2.75, 3.05) is 32.4 Å². The molecule has 1 aromatic rings. The molecule has 0 aliphatic carbocycles. The van der Waals surface area contributed by atoms with Crippen LogP contribution >= 0.6 is 22.9 Å². The van der Waals surface area contributed by atoms with E-state index in [1.54, 1.807) is 11.4 Å². The Labute approximate surface area is 128 Å². The molecule has 0 saturated carbocycles. The molecule has 1 saturated heterocycles. The first-order chi connectivity index (χ1) is 9.26. The summed E-state index contributed by atoms with van der Waals surface area (Å²) >= 11 is 7.04. The number of alkyl halides is 1. The van der Waals surface area contributed by atoms with E-state index in [0.29, 0.717) is 4.88 Å². The number of hydrogen-bond acceptors (Lipinski definition) is 5. The van der Waals surface area contributed by atoms with Crippen molar-refractivity contribution < 1.29 is 16.8 Å². The van der Waals surface area contributed by atoms with E-state index in [0.717, 1.165) is 6.26 Å². The van der Waals surface area contributed by atoms with Gasteiger partial charge >= 0.3 is 0 Å². The van der Waals surface area contributed by atoms with Gasteiger partial charge < -0.3 is 0 Å². The number of piperazine rings is 1. The van der Waals surface area contributed by atoms with Gasteiger partial charge in [-0.2, -0.15) is 8.61 Å². The zero-order valence-corrected chi connectivity index (χ0v) is 14.0. The Hall–Kier alpha value is -0.190. The Morgan fingerprint density at radius 1 is 1.15 bits per heavy atom. The minimum Gasteiger partial charge on any atom is -0.213 e. The van der Waals surface area contributed by atoms with Gasteiger partial charge in [0.25, 0.3) is 0 Å². The highest BCUT2D eigenvalue weighted by Gasteiger charge is 2.32. The van der Waals surface area contributed by atoms with Crippen LogP contribution in [0.2, 0.25) is 0 Å². The first kappa shape index (κ1) is 16.2. The summed E-state index contributed by atoms with van der Waals surface area (Å²) in [7, 11) is -6.86.